The Balaban J connectivity index is 3.44. The Morgan fingerprint density at radius 1 is 1.57 bits per heavy atom. The molecule has 1 atom stereocenters. The molecule has 0 aromatic carbocycles. The molecular formula is C9H20N2O2S. The summed E-state index contributed by atoms with van der Waals surface area (Å²) in [6.45, 7) is 0.981. The van der Waals surface area contributed by atoms with E-state index in [0.717, 1.165) is 6.42 Å². The van der Waals surface area contributed by atoms with E-state index in [1.54, 1.807) is 0 Å². The lowest BCUT2D eigenvalue weighted by atomic mass is 10.3. The minimum atomic E-state index is -0.167. The van der Waals surface area contributed by atoms with Crippen LogP contribution in [0, 0.1) is 0 Å². The van der Waals surface area contributed by atoms with Crippen LogP contribution in [0.15, 0.2) is 0 Å². The van der Waals surface area contributed by atoms with E-state index in [1.165, 1.54) is 0 Å². The maximum Gasteiger partial charge on any atom is 0.305 e. The van der Waals surface area contributed by atoms with Gasteiger partial charge >= 0.3 is 5.97 Å². The Morgan fingerprint density at radius 3 is 2.71 bits per heavy atom. The highest BCUT2D eigenvalue weighted by Gasteiger charge is 2.09. The van der Waals surface area contributed by atoms with Gasteiger partial charge < -0.3 is 10.5 Å². The third-order valence-electron chi connectivity index (χ3n) is 1.81. The number of carbonyl (C=O) groups is 1. The van der Waals surface area contributed by atoms with Crippen LogP contribution in [0.25, 0.3) is 0 Å². The van der Waals surface area contributed by atoms with E-state index in [2.05, 4.69) is 12.6 Å². The zero-order chi connectivity index (χ0) is 11.0. The van der Waals surface area contributed by atoms with Gasteiger partial charge in [-0.1, -0.05) is 0 Å². The van der Waals surface area contributed by atoms with Gasteiger partial charge in [-0.15, -0.1) is 0 Å². The molecule has 0 saturated carbocycles. The Bertz CT molecular complexity index is 165. The third-order valence-corrected chi connectivity index (χ3v) is 2.53. The Morgan fingerprint density at radius 2 is 2.21 bits per heavy atom. The van der Waals surface area contributed by atoms with E-state index >= 15 is 0 Å². The smallest absolute Gasteiger partial charge is 0.305 e. The fourth-order valence-corrected chi connectivity index (χ4v) is 0.976. The molecule has 4 nitrogen and oxygen atoms in total. The Labute approximate surface area is 91.2 Å². The summed E-state index contributed by atoms with van der Waals surface area (Å²) in [4.78, 5) is 13.1. The zero-order valence-electron chi connectivity index (χ0n) is 8.90. The van der Waals surface area contributed by atoms with Gasteiger partial charge in [-0.2, -0.15) is 12.6 Å². The normalized spacial score (nSPS) is 12.9. The van der Waals surface area contributed by atoms with Crippen LogP contribution in [-0.2, 0) is 9.53 Å². The molecule has 2 N–H and O–H groups in total. The summed E-state index contributed by atoms with van der Waals surface area (Å²) in [6, 6.07) is 0. The molecule has 0 bridgehead atoms. The second-order valence-electron chi connectivity index (χ2n) is 3.35. The SMILES string of the molecule is CN(C)C(S)CCC(=O)OCCCN. The molecule has 0 aliphatic heterocycles. The minimum Gasteiger partial charge on any atom is -0.466 e. The summed E-state index contributed by atoms with van der Waals surface area (Å²) in [6.07, 6.45) is 1.85. The van der Waals surface area contributed by atoms with Crippen LogP contribution in [0.1, 0.15) is 19.3 Å². The minimum absolute atomic E-state index is 0.108. The van der Waals surface area contributed by atoms with Crippen LogP contribution in [-0.4, -0.2) is 43.5 Å². The van der Waals surface area contributed by atoms with E-state index in [4.69, 9.17) is 10.5 Å². The Kier molecular flexibility index (Phi) is 7.93. The molecule has 0 saturated heterocycles. The number of nitrogens with zero attached hydrogens (tertiary/aromatic N) is 1. The first-order chi connectivity index (χ1) is 6.57. The second kappa shape index (κ2) is 8.08. The van der Waals surface area contributed by atoms with Crippen molar-refractivity contribution >= 4 is 18.6 Å². The van der Waals surface area contributed by atoms with Crippen LogP contribution >= 0.6 is 12.6 Å². The first-order valence-electron chi connectivity index (χ1n) is 4.78. The topological polar surface area (TPSA) is 55.6 Å². The van der Waals surface area contributed by atoms with Gasteiger partial charge in [-0.25, -0.2) is 0 Å². The number of nitrogens with two attached hydrogens (primary N) is 1. The molecule has 0 amide bonds. The highest BCUT2D eigenvalue weighted by molar-refractivity contribution is 7.80. The largest absolute Gasteiger partial charge is 0.466 e. The predicted molar refractivity (Wildman–Crippen MR) is 60.3 cm³/mol. The maximum absolute atomic E-state index is 11.1. The zero-order valence-corrected chi connectivity index (χ0v) is 9.80. The summed E-state index contributed by atoms with van der Waals surface area (Å²) in [5, 5.41) is 0.108. The van der Waals surface area contributed by atoms with Crippen molar-refractivity contribution < 1.29 is 9.53 Å². The number of esters is 1. The quantitative estimate of drug-likeness (QED) is 0.283. The lowest BCUT2D eigenvalue weighted by Crippen LogP contribution is -2.23. The number of ether oxygens (including phenoxy) is 1. The highest BCUT2D eigenvalue weighted by Crippen LogP contribution is 2.07. The van der Waals surface area contributed by atoms with E-state index < -0.39 is 0 Å². The average Bonchev–Trinajstić information content (AvgIpc) is 2.14. The molecule has 0 fully saturated rings. The Hall–Kier alpha value is -0.260. The summed E-state index contributed by atoms with van der Waals surface area (Å²) in [5.41, 5.74) is 5.27. The summed E-state index contributed by atoms with van der Waals surface area (Å²) in [7, 11) is 3.86. The van der Waals surface area contributed by atoms with Gasteiger partial charge in [-0.05, 0) is 33.5 Å². The molecule has 1 unspecified atom stereocenters. The molecule has 0 spiro atoms. The molecule has 0 heterocycles. The standard InChI is InChI=1S/C9H20N2O2S/c1-11(2)8(14)4-5-9(12)13-7-3-6-10/h8,14H,3-7,10H2,1-2H3. The maximum atomic E-state index is 11.1. The molecule has 0 radical (unpaired) electrons. The fourth-order valence-electron chi connectivity index (χ4n) is 0.847. The molecule has 0 aliphatic carbocycles. The van der Waals surface area contributed by atoms with Crippen molar-refractivity contribution in [2.75, 3.05) is 27.2 Å². The first-order valence-corrected chi connectivity index (χ1v) is 5.29. The predicted octanol–water partition coefficient (Wildman–Crippen LogP) is 0.476. The van der Waals surface area contributed by atoms with Crippen molar-refractivity contribution in [3.63, 3.8) is 0 Å². The van der Waals surface area contributed by atoms with Crippen molar-refractivity contribution in [2.24, 2.45) is 5.73 Å². The summed E-state index contributed by atoms with van der Waals surface area (Å²) >= 11 is 4.31. The average molecular weight is 220 g/mol. The van der Waals surface area contributed by atoms with E-state index in [0.29, 0.717) is 26.0 Å². The fraction of sp³-hybridized carbons (Fsp3) is 0.889. The summed E-state index contributed by atoms with van der Waals surface area (Å²) < 4.78 is 4.94. The van der Waals surface area contributed by atoms with Gasteiger partial charge in [0.15, 0.2) is 0 Å². The van der Waals surface area contributed by atoms with Gasteiger partial charge in [0.25, 0.3) is 0 Å². The van der Waals surface area contributed by atoms with Crippen molar-refractivity contribution in [3.05, 3.63) is 0 Å². The van der Waals surface area contributed by atoms with E-state index in [1.807, 2.05) is 19.0 Å². The van der Waals surface area contributed by atoms with Crippen molar-refractivity contribution in [3.8, 4) is 0 Å². The van der Waals surface area contributed by atoms with Crippen molar-refractivity contribution in [2.45, 2.75) is 24.6 Å². The molecular weight excluding hydrogens is 200 g/mol. The molecule has 84 valence electrons. The lowest BCUT2D eigenvalue weighted by molar-refractivity contribution is -0.143. The molecule has 0 aromatic heterocycles. The second-order valence-corrected chi connectivity index (χ2v) is 3.94. The number of rotatable bonds is 7. The number of hydrogen-bond donors (Lipinski definition) is 2. The van der Waals surface area contributed by atoms with Gasteiger partial charge in [0.05, 0.1) is 12.0 Å². The number of hydrogen-bond acceptors (Lipinski definition) is 5. The number of thiol groups is 1. The summed E-state index contributed by atoms with van der Waals surface area (Å²) in [5.74, 6) is -0.167. The van der Waals surface area contributed by atoms with E-state index in [-0.39, 0.29) is 11.3 Å². The molecule has 14 heavy (non-hydrogen) atoms. The van der Waals surface area contributed by atoms with Crippen LogP contribution in [0.4, 0.5) is 0 Å². The molecule has 0 rings (SSSR count). The van der Waals surface area contributed by atoms with Crippen LogP contribution in [0.2, 0.25) is 0 Å². The third kappa shape index (κ3) is 7.17. The van der Waals surface area contributed by atoms with Crippen molar-refractivity contribution in [1.29, 1.82) is 0 Å². The van der Waals surface area contributed by atoms with Crippen LogP contribution < -0.4 is 5.73 Å². The molecule has 0 aliphatic rings. The monoisotopic (exact) mass is 220 g/mol. The van der Waals surface area contributed by atoms with E-state index in [9.17, 15) is 4.79 Å². The van der Waals surface area contributed by atoms with Gasteiger partial charge in [0.2, 0.25) is 0 Å². The molecule has 5 heteroatoms. The van der Waals surface area contributed by atoms with Gasteiger partial charge in [-0.3, -0.25) is 9.69 Å². The van der Waals surface area contributed by atoms with Crippen LogP contribution in [0.5, 0.6) is 0 Å². The highest BCUT2D eigenvalue weighted by atomic mass is 32.1. The van der Waals surface area contributed by atoms with Crippen molar-refractivity contribution in [1.82, 2.24) is 4.90 Å². The lowest BCUT2D eigenvalue weighted by Gasteiger charge is -2.17. The van der Waals surface area contributed by atoms with Gasteiger partial charge in [0, 0.05) is 6.42 Å². The van der Waals surface area contributed by atoms with Crippen LogP contribution in [0.3, 0.4) is 0 Å². The number of carbonyl (C=O) groups excluding carboxylic acids is 1. The first kappa shape index (κ1) is 13.7. The molecule has 0 aromatic rings. The van der Waals surface area contributed by atoms with Gasteiger partial charge in [0.1, 0.15) is 0 Å².